The molecule has 0 unspecified atom stereocenters. The molecule has 5 heteroatoms. The van der Waals surface area contributed by atoms with Crippen molar-refractivity contribution in [3.63, 3.8) is 0 Å². The molecule has 1 aromatic heterocycles. The highest BCUT2D eigenvalue weighted by atomic mass is 16.4. The summed E-state index contributed by atoms with van der Waals surface area (Å²) in [5.41, 5.74) is 0.680. The van der Waals surface area contributed by atoms with E-state index in [1.165, 1.54) is 6.08 Å². The molecule has 0 saturated heterocycles. The van der Waals surface area contributed by atoms with E-state index in [4.69, 9.17) is 5.11 Å². The van der Waals surface area contributed by atoms with E-state index < -0.39 is 5.97 Å². The number of nitrogens with zero attached hydrogens (tertiary/aromatic N) is 3. The Labute approximate surface area is 114 Å². The van der Waals surface area contributed by atoms with Gasteiger partial charge in [-0.3, -0.25) is 0 Å². The zero-order valence-corrected chi connectivity index (χ0v) is 11.9. The van der Waals surface area contributed by atoms with Crippen molar-refractivity contribution in [1.29, 1.82) is 0 Å². The molecule has 5 nitrogen and oxygen atoms in total. The molecule has 104 valence electrons. The van der Waals surface area contributed by atoms with Crippen LogP contribution in [0.1, 0.15) is 33.3 Å². The van der Waals surface area contributed by atoms with Gasteiger partial charge in [0.15, 0.2) is 0 Å². The van der Waals surface area contributed by atoms with Gasteiger partial charge in [0.25, 0.3) is 0 Å². The van der Waals surface area contributed by atoms with E-state index >= 15 is 0 Å². The third kappa shape index (κ3) is 5.07. The minimum absolute atomic E-state index is 0.322. The summed E-state index contributed by atoms with van der Waals surface area (Å²) >= 11 is 0. The summed E-state index contributed by atoms with van der Waals surface area (Å²) in [6, 6.07) is 0.322. The van der Waals surface area contributed by atoms with Crippen molar-refractivity contribution in [3.8, 4) is 0 Å². The molecule has 0 saturated carbocycles. The number of carboxylic acid groups (broad SMARTS) is 1. The number of aromatic nitrogens is 2. The SMILES string of the molecule is CC(C)CN(c1ncc(/C=C/C(=O)O)cn1)C(C)C. The quantitative estimate of drug-likeness (QED) is 0.798. The van der Waals surface area contributed by atoms with Crippen molar-refractivity contribution >= 4 is 18.0 Å². The zero-order chi connectivity index (χ0) is 14.4. The molecule has 1 rings (SSSR count). The van der Waals surface area contributed by atoms with Crippen LogP contribution in [-0.4, -0.2) is 33.6 Å². The van der Waals surface area contributed by atoms with Crippen molar-refractivity contribution in [2.45, 2.75) is 33.7 Å². The van der Waals surface area contributed by atoms with Gasteiger partial charge in [0, 0.05) is 36.6 Å². The van der Waals surface area contributed by atoms with Gasteiger partial charge >= 0.3 is 5.97 Å². The molecule has 0 spiro atoms. The summed E-state index contributed by atoms with van der Waals surface area (Å²) < 4.78 is 0. The Morgan fingerprint density at radius 3 is 2.32 bits per heavy atom. The predicted octanol–water partition coefficient (Wildman–Crippen LogP) is 2.45. The van der Waals surface area contributed by atoms with Crippen molar-refractivity contribution in [2.75, 3.05) is 11.4 Å². The van der Waals surface area contributed by atoms with Gasteiger partial charge in [0.1, 0.15) is 0 Å². The molecule has 0 aliphatic carbocycles. The van der Waals surface area contributed by atoms with Crippen LogP contribution in [0.25, 0.3) is 6.08 Å². The van der Waals surface area contributed by atoms with Crippen LogP contribution in [-0.2, 0) is 4.79 Å². The molecule has 0 radical (unpaired) electrons. The monoisotopic (exact) mass is 263 g/mol. The number of aliphatic carboxylic acids is 1. The molecule has 1 aromatic rings. The van der Waals surface area contributed by atoms with Gasteiger partial charge < -0.3 is 10.0 Å². The molecule has 0 bridgehead atoms. The second-order valence-electron chi connectivity index (χ2n) is 5.13. The van der Waals surface area contributed by atoms with E-state index in [9.17, 15) is 4.79 Å². The highest BCUT2D eigenvalue weighted by Crippen LogP contribution is 2.13. The van der Waals surface area contributed by atoms with Crippen LogP contribution in [0.2, 0.25) is 0 Å². The van der Waals surface area contributed by atoms with E-state index in [0.717, 1.165) is 12.6 Å². The molecule has 1 N–H and O–H groups in total. The van der Waals surface area contributed by atoms with Gasteiger partial charge in [-0.15, -0.1) is 0 Å². The fourth-order valence-electron chi connectivity index (χ4n) is 1.65. The minimum Gasteiger partial charge on any atom is -0.478 e. The lowest BCUT2D eigenvalue weighted by Gasteiger charge is -2.28. The highest BCUT2D eigenvalue weighted by molar-refractivity contribution is 5.85. The summed E-state index contributed by atoms with van der Waals surface area (Å²) in [5, 5.41) is 8.55. The van der Waals surface area contributed by atoms with Crippen LogP contribution < -0.4 is 4.90 Å². The van der Waals surface area contributed by atoms with Crippen LogP contribution in [0.3, 0.4) is 0 Å². The standard InChI is InChI=1S/C14H21N3O2/c1-10(2)9-17(11(3)4)14-15-7-12(8-16-14)5-6-13(18)19/h5-8,10-11H,9H2,1-4H3,(H,18,19)/b6-5+. The molecular weight excluding hydrogens is 242 g/mol. The number of hydrogen-bond acceptors (Lipinski definition) is 4. The maximum atomic E-state index is 10.4. The molecule has 0 aromatic carbocycles. The maximum Gasteiger partial charge on any atom is 0.328 e. The van der Waals surface area contributed by atoms with Gasteiger partial charge in [0.2, 0.25) is 5.95 Å². The summed E-state index contributed by atoms with van der Waals surface area (Å²) in [7, 11) is 0. The topological polar surface area (TPSA) is 66.3 Å². The number of rotatable bonds is 6. The molecule has 0 fully saturated rings. The van der Waals surface area contributed by atoms with Crippen molar-refractivity contribution in [2.24, 2.45) is 5.92 Å². The first-order valence-corrected chi connectivity index (χ1v) is 6.40. The molecule has 0 aliphatic heterocycles. The van der Waals surface area contributed by atoms with Gasteiger partial charge in [-0.05, 0) is 25.8 Å². The Balaban J connectivity index is 2.86. The first-order chi connectivity index (χ1) is 8.90. The molecule has 0 atom stereocenters. The van der Waals surface area contributed by atoms with Crippen molar-refractivity contribution in [3.05, 3.63) is 24.0 Å². The number of anilines is 1. The summed E-state index contributed by atoms with van der Waals surface area (Å²) in [6.07, 6.45) is 5.83. The first kappa shape index (κ1) is 15.1. The first-order valence-electron chi connectivity index (χ1n) is 6.40. The second kappa shape index (κ2) is 6.87. The smallest absolute Gasteiger partial charge is 0.328 e. The largest absolute Gasteiger partial charge is 0.478 e. The average molecular weight is 263 g/mol. The lowest BCUT2D eigenvalue weighted by atomic mass is 10.2. The third-order valence-electron chi connectivity index (χ3n) is 2.52. The Bertz CT molecular complexity index is 439. The average Bonchev–Trinajstić information content (AvgIpc) is 2.33. The number of carboxylic acids is 1. The van der Waals surface area contributed by atoms with E-state index in [2.05, 4.69) is 42.6 Å². The molecule has 0 aliphatic rings. The minimum atomic E-state index is -0.979. The van der Waals surface area contributed by atoms with E-state index in [0.29, 0.717) is 23.5 Å². The lowest BCUT2D eigenvalue weighted by molar-refractivity contribution is -0.131. The van der Waals surface area contributed by atoms with Gasteiger partial charge in [-0.2, -0.15) is 0 Å². The van der Waals surface area contributed by atoms with E-state index in [1.54, 1.807) is 12.4 Å². The Morgan fingerprint density at radius 2 is 1.89 bits per heavy atom. The van der Waals surface area contributed by atoms with Crippen LogP contribution in [0.5, 0.6) is 0 Å². The molecular formula is C14H21N3O2. The van der Waals surface area contributed by atoms with Crippen LogP contribution >= 0.6 is 0 Å². The maximum absolute atomic E-state index is 10.4. The Morgan fingerprint density at radius 1 is 1.32 bits per heavy atom. The van der Waals surface area contributed by atoms with Crippen molar-refractivity contribution in [1.82, 2.24) is 9.97 Å². The summed E-state index contributed by atoms with van der Waals surface area (Å²) in [5.74, 6) is 0.224. The Kier molecular flexibility index (Phi) is 5.48. The van der Waals surface area contributed by atoms with Crippen LogP contribution in [0, 0.1) is 5.92 Å². The van der Waals surface area contributed by atoms with E-state index in [1.807, 2.05) is 0 Å². The zero-order valence-electron chi connectivity index (χ0n) is 11.9. The fourth-order valence-corrected chi connectivity index (χ4v) is 1.65. The summed E-state index contributed by atoms with van der Waals surface area (Å²) in [6.45, 7) is 9.40. The third-order valence-corrected chi connectivity index (χ3v) is 2.52. The van der Waals surface area contributed by atoms with Gasteiger partial charge in [0.05, 0.1) is 0 Å². The number of carbonyl (C=O) groups is 1. The van der Waals surface area contributed by atoms with Gasteiger partial charge in [-0.1, -0.05) is 13.8 Å². The molecule has 1 heterocycles. The fraction of sp³-hybridized carbons (Fsp3) is 0.500. The Hall–Kier alpha value is -1.91. The normalized spacial score (nSPS) is 11.5. The van der Waals surface area contributed by atoms with E-state index in [-0.39, 0.29) is 0 Å². The molecule has 0 amide bonds. The lowest BCUT2D eigenvalue weighted by Crippen LogP contribution is -2.35. The number of hydrogen-bond donors (Lipinski definition) is 1. The highest BCUT2D eigenvalue weighted by Gasteiger charge is 2.14. The van der Waals surface area contributed by atoms with Crippen LogP contribution in [0.15, 0.2) is 18.5 Å². The molecule has 19 heavy (non-hydrogen) atoms. The van der Waals surface area contributed by atoms with Crippen LogP contribution in [0.4, 0.5) is 5.95 Å². The van der Waals surface area contributed by atoms with Gasteiger partial charge in [-0.25, -0.2) is 14.8 Å². The second-order valence-corrected chi connectivity index (χ2v) is 5.13. The predicted molar refractivity (Wildman–Crippen MR) is 76.0 cm³/mol. The van der Waals surface area contributed by atoms with Crippen molar-refractivity contribution < 1.29 is 9.90 Å². The summed E-state index contributed by atoms with van der Waals surface area (Å²) in [4.78, 5) is 21.2.